The summed E-state index contributed by atoms with van der Waals surface area (Å²) in [7, 11) is 1.74. The third-order valence-corrected chi connectivity index (χ3v) is 4.93. The molecule has 3 rings (SSSR count). The molecular weight excluding hydrogens is 402 g/mol. The predicted octanol–water partition coefficient (Wildman–Crippen LogP) is 5.19. The lowest BCUT2D eigenvalue weighted by Gasteiger charge is -2.18. The van der Waals surface area contributed by atoms with Crippen molar-refractivity contribution in [1.82, 2.24) is 0 Å². The molecule has 0 unspecified atom stereocenters. The number of nitrogens with zero attached hydrogens (tertiary/aromatic N) is 1. The van der Waals surface area contributed by atoms with Crippen LogP contribution in [0.1, 0.15) is 30.1 Å². The molecule has 0 heterocycles. The number of unbranched alkanes of at least 4 members (excludes halogenated alkanes) is 1. The van der Waals surface area contributed by atoms with E-state index in [2.05, 4.69) is 17.6 Å². The fourth-order valence-corrected chi connectivity index (χ4v) is 3.12. The number of carbonyl (C=O) groups is 2. The molecule has 166 valence electrons. The summed E-state index contributed by atoms with van der Waals surface area (Å²) in [5.74, 6) is 0.336. The van der Waals surface area contributed by atoms with Gasteiger partial charge in [-0.3, -0.25) is 9.59 Å². The van der Waals surface area contributed by atoms with Crippen molar-refractivity contribution in [3.63, 3.8) is 0 Å². The van der Waals surface area contributed by atoms with Gasteiger partial charge in [0, 0.05) is 24.0 Å². The van der Waals surface area contributed by atoms with Gasteiger partial charge in [-0.1, -0.05) is 49.7 Å². The molecule has 6 nitrogen and oxygen atoms in total. The average molecular weight is 432 g/mol. The van der Waals surface area contributed by atoms with Crippen LogP contribution in [0.4, 0.5) is 17.1 Å². The number of nitrogens with one attached hydrogen (secondary N) is 2. The van der Waals surface area contributed by atoms with E-state index in [-0.39, 0.29) is 18.4 Å². The molecule has 0 bridgehead atoms. The minimum atomic E-state index is -0.199. The Hall–Kier alpha value is -3.80. The molecule has 0 saturated heterocycles. The molecule has 0 fully saturated rings. The van der Waals surface area contributed by atoms with E-state index in [1.807, 2.05) is 60.7 Å². The topological polar surface area (TPSA) is 70.7 Å². The van der Waals surface area contributed by atoms with Gasteiger partial charge < -0.3 is 20.3 Å². The van der Waals surface area contributed by atoms with Crippen LogP contribution in [-0.2, 0) is 4.79 Å². The number of rotatable bonds is 10. The van der Waals surface area contributed by atoms with Crippen molar-refractivity contribution in [2.45, 2.75) is 19.8 Å². The van der Waals surface area contributed by atoms with Crippen LogP contribution < -0.4 is 20.3 Å². The molecule has 6 heteroatoms. The lowest BCUT2D eigenvalue weighted by atomic mass is 10.1. The van der Waals surface area contributed by atoms with Crippen LogP contribution >= 0.6 is 0 Å². The Morgan fingerprint density at radius 3 is 2.47 bits per heavy atom. The van der Waals surface area contributed by atoms with E-state index < -0.39 is 0 Å². The number of benzene rings is 3. The van der Waals surface area contributed by atoms with Gasteiger partial charge in [0.2, 0.25) is 5.91 Å². The second kappa shape index (κ2) is 11.6. The second-order valence-electron chi connectivity index (χ2n) is 7.38. The zero-order chi connectivity index (χ0) is 22.8. The normalized spacial score (nSPS) is 10.3. The molecule has 3 aromatic carbocycles. The highest BCUT2D eigenvalue weighted by Crippen LogP contribution is 2.24. The maximum absolute atomic E-state index is 12.8. The van der Waals surface area contributed by atoms with Crippen molar-refractivity contribution in [3.8, 4) is 5.75 Å². The fourth-order valence-electron chi connectivity index (χ4n) is 3.12. The van der Waals surface area contributed by atoms with Crippen LogP contribution in [0.3, 0.4) is 0 Å². The van der Waals surface area contributed by atoms with Crippen LogP contribution in [-0.4, -0.2) is 32.0 Å². The first-order chi connectivity index (χ1) is 15.6. The van der Waals surface area contributed by atoms with Crippen LogP contribution in [0.15, 0.2) is 78.9 Å². The molecule has 3 aromatic rings. The Balaban J connectivity index is 1.58. The van der Waals surface area contributed by atoms with Gasteiger partial charge in [0.25, 0.3) is 5.91 Å². The van der Waals surface area contributed by atoms with Gasteiger partial charge in [-0.05, 0) is 48.9 Å². The van der Waals surface area contributed by atoms with Crippen molar-refractivity contribution < 1.29 is 14.3 Å². The molecule has 32 heavy (non-hydrogen) atoms. The van der Waals surface area contributed by atoms with Crippen molar-refractivity contribution >= 4 is 28.9 Å². The van der Waals surface area contributed by atoms with Gasteiger partial charge in [0.1, 0.15) is 5.75 Å². The molecular formula is C26H29N3O3. The zero-order valence-corrected chi connectivity index (χ0v) is 18.5. The number of hydrogen-bond acceptors (Lipinski definition) is 4. The van der Waals surface area contributed by atoms with E-state index in [4.69, 9.17) is 4.74 Å². The highest BCUT2D eigenvalue weighted by Gasteiger charge is 2.14. The summed E-state index contributed by atoms with van der Waals surface area (Å²) in [5, 5.41) is 5.97. The molecule has 0 radical (unpaired) electrons. The lowest BCUT2D eigenvalue weighted by Crippen LogP contribution is -2.26. The van der Waals surface area contributed by atoms with Crippen LogP contribution in [0, 0.1) is 0 Å². The minimum absolute atomic E-state index is 0.0649. The van der Waals surface area contributed by atoms with Crippen LogP contribution in [0.2, 0.25) is 0 Å². The van der Waals surface area contributed by atoms with Crippen molar-refractivity contribution in [2.75, 3.05) is 35.7 Å². The van der Waals surface area contributed by atoms with E-state index in [9.17, 15) is 9.59 Å². The number of amides is 2. The SMILES string of the molecule is CCCCOc1ccccc1NC(=O)CNc1cccc(C(=O)N(C)c2ccccc2)c1. The zero-order valence-electron chi connectivity index (χ0n) is 18.5. The van der Waals surface area contributed by atoms with E-state index in [1.165, 1.54) is 0 Å². The smallest absolute Gasteiger partial charge is 0.258 e. The summed E-state index contributed by atoms with van der Waals surface area (Å²) >= 11 is 0. The Morgan fingerprint density at radius 2 is 1.69 bits per heavy atom. The largest absolute Gasteiger partial charge is 0.491 e. The van der Waals surface area contributed by atoms with Gasteiger partial charge in [0.15, 0.2) is 0 Å². The van der Waals surface area contributed by atoms with Gasteiger partial charge in [-0.25, -0.2) is 0 Å². The van der Waals surface area contributed by atoms with Crippen molar-refractivity contribution in [3.05, 3.63) is 84.4 Å². The van der Waals surface area contributed by atoms with E-state index in [0.29, 0.717) is 29.3 Å². The Kier molecular flexibility index (Phi) is 8.26. The molecule has 0 atom stereocenters. The number of para-hydroxylation sites is 3. The molecule has 0 aliphatic rings. The molecule has 0 aliphatic carbocycles. The maximum atomic E-state index is 12.8. The summed E-state index contributed by atoms with van der Waals surface area (Å²) in [6.45, 7) is 2.78. The summed E-state index contributed by atoms with van der Waals surface area (Å²) in [5.41, 5.74) is 2.69. The Bertz CT molecular complexity index is 1040. The number of anilines is 3. The van der Waals surface area contributed by atoms with E-state index >= 15 is 0 Å². The summed E-state index contributed by atoms with van der Waals surface area (Å²) in [6, 6.07) is 24.0. The van der Waals surface area contributed by atoms with Gasteiger partial charge >= 0.3 is 0 Å². The monoisotopic (exact) mass is 431 g/mol. The standard InChI is InChI=1S/C26H29N3O3/c1-3-4-17-32-24-16-9-8-15-23(24)28-25(30)19-27-21-12-10-11-20(18-21)26(31)29(2)22-13-6-5-7-14-22/h5-16,18,27H,3-4,17,19H2,1-2H3,(H,28,30). The number of carbonyl (C=O) groups excluding carboxylic acids is 2. The third kappa shape index (κ3) is 6.35. The Labute approximate surface area is 189 Å². The average Bonchev–Trinajstić information content (AvgIpc) is 2.84. The molecule has 2 amide bonds. The van der Waals surface area contributed by atoms with Crippen LogP contribution in [0.25, 0.3) is 0 Å². The summed E-state index contributed by atoms with van der Waals surface area (Å²) in [4.78, 5) is 26.9. The first-order valence-corrected chi connectivity index (χ1v) is 10.8. The van der Waals surface area contributed by atoms with Crippen molar-refractivity contribution in [1.29, 1.82) is 0 Å². The quantitative estimate of drug-likeness (QED) is 0.433. The van der Waals surface area contributed by atoms with E-state index in [1.54, 1.807) is 30.1 Å². The van der Waals surface area contributed by atoms with Crippen LogP contribution in [0.5, 0.6) is 5.75 Å². The minimum Gasteiger partial charge on any atom is -0.491 e. The summed E-state index contributed by atoms with van der Waals surface area (Å²) in [6.07, 6.45) is 2.00. The number of ether oxygens (including phenoxy) is 1. The first kappa shape index (κ1) is 22.9. The highest BCUT2D eigenvalue weighted by molar-refractivity contribution is 6.06. The fraction of sp³-hybridized carbons (Fsp3) is 0.231. The van der Waals surface area contributed by atoms with Gasteiger partial charge in [-0.15, -0.1) is 0 Å². The molecule has 0 saturated carbocycles. The molecule has 0 spiro atoms. The second-order valence-corrected chi connectivity index (χ2v) is 7.38. The Morgan fingerprint density at radius 1 is 0.938 bits per heavy atom. The maximum Gasteiger partial charge on any atom is 0.258 e. The summed E-state index contributed by atoms with van der Waals surface area (Å²) < 4.78 is 5.76. The lowest BCUT2D eigenvalue weighted by molar-refractivity contribution is -0.114. The van der Waals surface area contributed by atoms with Crippen molar-refractivity contribution in [2.24, 2.45) is 0 Å². The van der Waals surface area contributed by atoms with Gasteiger partial charge in [-0.2, -0.15) is 0 Å². The van der Waals surface area contributed by atoms with E-state index in [0.717, 1.165) is 18.5 Å². The van der Waals surface area contributed by atoms with Gasteiger partial charge in [0.05, 0.1) is 18.8 Å². The first-order valence-electron chi connectivity index (χ1n) is 10.8. The molecule has 2 N–H and O–H groups in total. The highest BCUT2D eigenvalue weighted by atomic mass is 16.5. The molecule has 0 aliphatic heterocycles. The number of hydrogen-bond donors (Lipinski definition) is 2. The molecule has 0 aromatic heterocycles. The third-order valence-electron chi connectivity index (χ3n) is 4.93. The predicted molar refractivity (Wildman–Crippen MR) is 130 cm³/mol.